The molecule has 3 heterocycles. The lowest BCUT2D eigenvalue weighted by Crippen LogP contribution is -2.45. The van der Waals surface area contributed by atoms with E-state index in [1.165, 1.54) is 5.56 Å². The van der Waals surface area contributed by atoms with Crippen LogP contribution in [0.5, 0.6) is 0 Å². The largest absolute Gasteiger partial charge is 0.296 e. The lowest BCUT2D eigenvalue weighted by Gasteiger charge is -2.34. The molecule has 2 aromatic rings. The van der Waals surface area contributed by atoms with Crippen LogP contribution in [-0.2, 0) is 13.1 Å². The fourth-order valence-electron chi connectivity index (χ4n) is 2.58. The molecule has 4 heteroatoms. The Kier molecular flexibility index (Phi) is 4.35. The van der Waals surface area contributed by atoms with E-state index < -0.39 is 0 Å². The molecule has 1 saturated heterocycles. The topological polar surface area (TPSA) is 32.3 Å². The molecular weight excluding hydrogens is 248 g/mol. The third-order valence-corrected chi connectivity index (χ3v) is 3.71. The number of aromatic nitrogens is 2. The van der Waals surface area contributed by atoms with Crippen molar-refractivity contribution in [1.82, 2.24) is 19.8 Å². The summed E-state index contributed by atoms with van der Waals surface area (Å²) >= 11 is 0. The molecule has 0 atom stereocenters. The van der Waals surface area contributed by atoms with Gasteiger partial charge < -0.3 is 0 Å². The summed E-state index contributed by atoms with van der Waals surface area (Å²) < 4.78 is 0. The number of pyridine rings is 2. The summed E-state index contributed by atoms with van der Waals surface area (Å²) in [5.74, 6) is 0. The molecule has 0 N–H and O–H groups in total. The van der Waals surface area contributed by atoms with Crippen LogP contribution >= 0.6 is 0 Å². The first-order valence-electron chi connectivity index (χ1n) is 7.14. The molecule has 0 bridgehead atoms. The van der Waals surface area contributed by atoms with Gasteiger partial charge in [0.15, 0.2) is 0 Å². The summed E-state index contributed by atoms with van der Waals surface area (Å²) in [6, 6.07) is 10.3. The van der Waals surface area contributed by atoms with E-state index in [9.17, 15) is 0 Å². The van der Waals surface area contributed by atoms with Crippen LogP contribution in [0.1, 0.15) is 11.3 Å². The van der Waals surface area contributed by atoms with Crippen molar-refractivity contribution in [2.45, 2.75) is 13.1 Å². The summed E-state index contributed by atoms with van der Waals surface area (Å²) in [6.45, 7) is 6.41. The molecule has 1 aliphatic rings. The van der Waals surface area contributed by atoms with Gasteiger partial charge in [-0.2, -0.15) is 0 Å². The Balaban J connectivity index is 1.47. The van der Waals surface area contributed by atoms with Crippen LogP contribution in [0.2, 0.25) is 0 Å². The van der Waals surface area contributed by atoms with Crippen LogP contribution in [0.3, 0.4) is 0 Å². The van der Waals surface area contributed by atoms with Crippen molar-refractivity contribution >= 4 is 0 Å². The molecule has 1 fully saturated rings. The van der Waals surface area contributed by atoms with Crippen LogP contribution in [0, 0.1) is 0 Å². The minimum atomic E-state index is 0.960. The second-order valence-corrected chi connectivity index (χ2v) is 5.23. The SMILES string of the molecule is c1ccc(CN2CCN(Cc3cccnc3)CC2)nc1. The highest BCUT2D eigenvalue weighted by Crippen LogP contribution is 2.09. The molecule has 0 aliphatic carbocycles. The first-order valence-corrected chi connectivity index (χ1v) is 7.14. The molecule has 0 aromatic carbocycles. The van der Waals surface area contributed by atoms with Crippen molar-refractivity contribution in [3.05, 3.63) is 60.2 Å². The lowest BCUT2D eigenvalue weighted by molar-refractivity contribution is 0.121. The van der Waals surface area contributed by atoms with Crippen molar-refractivity contribution in [2.75, 3.05) is 26.2 Å². The average Bonchev–Trinajstić information content (AvgIpc) is 2.51. The Morgan fingerprint density at radius 1 is 0.850 bits per heavy atom. The second kappa shape index (κ2) is 6.59. The molecule has 0 spiro atoms. The van der Waals surface area contributed by atoms with Gasteiger partial charge in [-0.05, 0) is 23.8 Å². The number of hydrogen-bond acceptors (Lipinski definition) is 4. The van der Waals surface area contributed by atoms with Gasteiger partial charge in [0.25, 0.3) is 0 Å². The zero-order valence-corrected chi connectivity index (χ0v) is 11.7. The summed E-state index contributed by atoms with van der Waals surface area (Å²) in [7, 11) is 0. The fourth-order valence-corrected chi connectivity index (χ4v) is 2.58. The van der Waals surface area contributed by atoms with E-state index >= 15 is 0 Å². The van der Waals surface area contributed by atoms with Crippen LogP contribution in [0.15, 0.2) is 48.9 Å². The highest BCUT2D eigenvalue weighted by Gasteiger charge is 2.17. The monoisotopic (exact) mass is 268 g/mol. The summed E-state index contributed by atoms with van der Waals surface area (Å²) in [5.41, 5.74) is 2.46. The minimum Gasteiger partial charge on any atom is -0.296 e. The summed E-state index contributed by atoms with van der Waals surface area (Å²) in [6.07, 6.45) is 5.66. The molecule has 4 nitrogen and oxygen atoms in total. The van der Waals surface area contributed by atoms with Gasteiger partial charge in [0.1, 0.15) is 0 Å². The van der Waals surface area contributed by atoms with Gasteiger partial charge in [0, 0.05) is 57.9 Å². The van der Waals surface area contributed by atoms with E-state index in [-0.39, 0.29) is 0 Å². The van der Waals surface area contributed by atoms with Gasteiger partial charge in [-0.1, -0.05) is 12.1 Å². The molecule has 20 heavy (non-hydrogen) atoms. The van der Waals surface area contributed by atoms with Gasteiger partial charge >= 0.3 is 0 Å². The smallest absolute Gasteiger partial charge is 0.0543 e. The Labute approximate surface area is 120 Å². The molecule has 3 rings (SSSR count). The third kappa shape index (κ3) is 3.62. The molecule has 0 unspecified atom stereocenters. The molecule has 0 amide bonds. The predicted octanol–water partition coefficient (Wildman–Crippen LogP) is 1.79. The molecule has 0 radical (unpaired) electrons. The van der Waals surface area contributed by atoms with Crippen LogP contribution in [0.4, 0.5) is 0 Å². The Hall–Kier alpha value is -1.78. The maximum atomic E-state index is 4.40. The van der Waals surface area contributed by atoms with Crippen molar-refractivity contribution in [3.63, 3.8) is 0 Å². The maximum Gasteiger partial charge on any atom is 0.0543 e. The number of rotatable bonds is 4. The van der Waals surface area contributed by atoms with Gasteiger partial charge in [0.2, 0.25) is 0 Å². The van der Waals surface area contributed by atoms with Gasteiger partial charge in [-0.15, -0.1) is 0 Å². The van der Waals surface area contributed by atoms with Crippen molar-refractivity contribution in [3.8, 4) is 0 Å². The van der Waals surface area contributed by atoms with Crippen LogP contribution in [0.25, 0.3) is 0 Å². The normalized spacial score (nSPS) is 17.2. The Bertz CT molecular complexity index is 457. The van der Waals surface area contributed by atoms with Crippen LogP contribution in [-0.4, -0.2) is 45.9 Å². The van der Waals surface area contributed by atoms with Crippen molar-refractivity contribution in [1.29, 1.82) is 0 Å². The summed E-state index contributed by atoms with van der Waals surface area (Å²) in [4.78, 5) is 13.5. The number of hydrogen-bond donors (Lipinski definition) is 0. The van der Waals surface area contributed by atoms with Gasteiger partial charge in [0.05, 0.1) is 5.69 Å². The first-order chi connectivity index (χ1) is 9.90. The maximum absolute atomic E-state index is 4.40. The predicted molar refractivity (Wildman–Crippen MR) is 79.0 cm³/mol. The van der Waals surface area contributed by atoms with E-state index in [2.05, 4.69) is 38.0 Å². The molecular formula is C16H20N4. The van der Waals surface area contributed by atoms with Crippen LogP contribution < -0.4 is 0 Å². The van der Waals surface area contributed by atoms with Gasteiger partial charge in [-0.25, -0.2) is 0 Å². The van der Waals surface area contributed by atoms with E-state index in [1.54, 1.807) is 0 Å². The number of nitrogens with zero attached hydrogens (tertiary/aromatic N) is 4. The average molecular weight is 268 g/mol. The van der Waals surface area contributed by atoms with Crippen molar-refractivity contribution < 1.29 is 0 Å². The fraction of sp³-hybridized carbons (Fsp3) is 0.375. The first kappa shape index (κ1) is 13.2. The van der Waals surface area contributed by atoms with E-state index in [1.807, 2.05) is 30.7 Å². The second-order valence-electron chi connectivity index (χ2n) is 5.23. The lowest BCUT2D eigenvalue weighted by atomic mass is 10.2. The van der Waals surface area contributed by atoms with E-state index in [0.717, 1.165) is 45.0 Å². The van der Waals surface area contributed by atoms with E-state index in [0.29, 0.717) is 0 Å². The summed E-state index contributed by atoms with van der Waals surface area (Å²) in [5, 5.41) is 0. The molecule has 2 aromatic heterocycles. The van der Waals surface area contributed by atoms with Gasteiger partial charge in [-0.3, -0.25) is 19.8 Å². The van der Waals surface area contributed by atoms with Crippen molar-refractivity contribution in [2.24, 2.45) is 0 Å². The highest BCUT2D eigenvalue weighted by atomic mass is 15.3. The molecule has 0 saturated carbocycles. The standard InChI is InChI=1S/C16H20N4/c1-2-7-18-16(5-1)14-20-10-8-19(9-11-20)13-15-4-3-6-17-12-15/h1-7,12H,8-11,13-14H2. The third-order valence-electron chi connectivity index (χ3n) is 3.71. The number of piperazine rings is 1. The Morgan fingerprint density at radius 3 is 2.30 bits per heavy atom. The zero-order chi connectivity index (χ0) is 13.6. The molecule has 1 aliphatic heterocycles. The molecule has 104 valence electrons. The Morgan fingerprint density at radius 2 is 1.65 bits per heavy atom. The zero-order valence-electron chi connectivity index (χ0n) is 11.7. The highest BCUT2D eigenvalue weighted by molar-refractivity contribution is 5.08. The quantitative estimate of drug-likeness (QED) is 0.846. The minimum absolute atomic E-state index is 0.960. The van der Waals surface area contributed by atoms with E-state index in [4.69, 9.17) is 0 Å².